The van der Waals surface area contributed by atoms with Gasteiger partial charge in [0, 0.05) is 19.0 Å². The lowest BCUT2D eigenvalue weighted by atomic mass is 9.91. The molecule has 2 aromatic rings. The minimum absolute atomic E-state index is 0.152. The van der Waals surface area contributed by atoms with Crippen LogP contribution >= 0.6 is 0 Å². The third-order valence-corrected chi connectivity index (χ3v) is 5.07. The van der Waals surface area contributed by atoms with Crippen molar-refractivity contribution in [3.8, 4) is 11.1 Å². The van der Waals surface area contributed by atoms with Gasteiger partial charge in [-0.05, 0) is 28.8 Å². The fraction of sp³-hybridized carbons (Fsp3) is 0.381. The topological polar surface area (TPSA) is 119 Å². The molecule has 7 nitrogen and oxygen atoms in total. The fourth-order valence-corrected chi connectivity index (χ4v) is 3.40. The highest BCUT2D eigenvalue weighted by Crippen LogP contribution is 2.26. The third-order valence-electron chi connectivity index (χ3n) is 5.07. The van der Waals surface area contributed by atoms with Crippen molar-refractivity contribution in [2.45, 2.75) is 36.9 Å². The summed E-state index contributed by atoms with van der Waals surface area (Å²) in [5, 5.41) is 41.8. The Morgan fingerprint density at radius 2 is 1.64 bits per heavy atom. The molecule has 0 saturated carbocycles. The Hall–Kier alpha value is -2.29. The molecular weight excluding hydrogens is 362 g/mol. The van der Waals surface area contributed by atoms with E-state index in [2.05, 4.69) is 5.32 Å². The summed E-state index contributed by atoms with van der Waals surface area (Å²) in [5.74, 6) is -0.152. The number of ether oxygens (including phenoxy) is 1. The van der Waals surface area contributed by atoms with Gasteiger partial charge >= 0.3 is 0 Å². The fourth-order valence-electron chi connectivity index (χ4n) is 3.40. The number of amides is 1. The first kappa shape index (κ1) is 20.4. The number of rotatable bonds is 5. The van der Waals surface area contributed by atoms with Crippen molar-refractivity contribution in [2.75, 3.05) is 13.7 Å². The summed E-state index contributed by atoms with van der Waals surface area (Å²) >= 11 is 0. The largest absolute Gasteiger partial charge is 0.394 e. The minimum atomic E-state index is -1.37. The molecule has 0 bridgehead atoms. The Balaban J connectivity index is 1.74. The number of aliphatic hydroxyl groups excluding tert-OH is 4. The van der Waals surface area contributed by atoms with Crippen LogP contribution in [0, 0.1) is 0 Å². The summed E-state index contributed by atoms with van der Waals surface area (Å²) < 4.78 is 5.55. The highest BCUT2D eigenvalue weighted by molar-refractivity contribution is 5.95. The van der Waals surface area contributed by atoms with Crippen molar-refractivity contribution in [2.24, 2.45) is 0 Å². The summed E-state index contributed by atoms with van der Waals surface area (Å²) in [5.41, 5.74) is 3.28. The van der Waals surface area contributed by atoms with E-state index >= 15 is 0 Å². The Labute approximate surface area is 163 Å². The molecule has 5 N–H and O–H groups in total. The van der Waals surface area contributed by atoms with Crippen LogP contribution in [0.3, 0.4) is 0 Å². The number of benzene rings is 2. The molecule has 150 valence electrons. The Kier molecular flexibility index (Phi) is 6.43. The predicted octanol–water partition coefficient (Wildman–Crippen LogP) is 0.0981. The average molecular weight is 387 g/mol. The van der Waals surface area contributed by atoms with Gasteiger partial charge in [-0.25, -0.2) is 0 Å². The lowest BCUT2D eigenvalue weighted by Gasteiger charge is -2.40. The minimum Gasteiger partial charge on any atom is -0.394 e. The average Bonchev–Trinajstić information content (AvgIpc) is 2.74. The normalized spacial score (nSPS) is 27.4. The van der Waals surface area contributed by atoms with E-state index in [9.17, 15) is 25.2 Å². The van der Waals surface area contributed by atoms with E-state index in [1.54, 1.807) is 13.1 Å². The molecule has 1 fully saturated rings. The van der Waals surface area contributed by atoms with E-state index < -0.39 is 37.1 Å². The molecule has 0 unspecified atom stereocenters. The van der Waals surface area contributed by atoms with Gasteiger partial charge < -0.3 is 30.5 Å². The smallest absolute Gasteiger partial charge is 0.251 e. The lowest BCUT2D eigenvalue weighted by Crippen LogP contribution is -2.58. The van der Waals surface area contributed by atoms with Crippen molar-refractivity contribution in [3.05, 3.63) is 59.7 Å². The zero-order valence-corrected chi connectivity index (χ0v) is 15.5. The molecule has 28 heavy (non-hydrogen) atoms. The van der Waals surface area contributed by atoms with Crippen LogP contribution in [-0.2, 0) is 11.2 Å². The number of nitrogens with one attached hydrogen (secondary N) is 1. The van der Waals surface area contributed by atoms with E-state index in [0.717, 1.165) is 16.7 Å². The highest BCUT2D eigenvalue weighted by atomic mass is 16.5. The second-order valence-corrected chi connectivity index (χ2v) is 6.93. The van der Waals surface area contributed by atoms with E-state index in [1.807, 2.05) is 42.5 Å². The van der Waals surface area contributed by atoms with Crippen LogP contribution < -0.4 is 5.32 Å². The van der Waals surface area contributed by atoms with Crippen molar-refractivity contribution in [3.63, 3.8) is 0 Å². The summed E-state index contributed by atoms with van der Waals surface area (Å²) in [7, 11) is 1.59. The van der Waals surface area contributed by atoms with Crippen molar-refractivity contribution in [1.82, 2.24) is 5.32 Å². The van der Waals surface area contributed by atoms with Gasteiger partial charge in [-0.1, -0.05) is 36.4 Å². The monoisotopic (exact) mass is 387 g/mol. The first-order chi connectivity index (χ1) is 13.4. The van der Waals surface area contributed by atoms with Gasteiger partial charge in [-0.3, -0.25) is 4.79 Å². The van der Waals surface area contributed by atoms with Crippen molar-refractivity contribution >= 4 is 5.91 Å². The van der Waals surface area contributed by atoms with Gasteiger partial charge in [0.15, 0.2) is 0 Å². The maximum Gasteiger partial charge on any atom is 0.251 e. The van der Waals surface area contributed by atoms with Crippen LogP contribution in [0.2, 0.25) is 0 Å². The van der Waals surface area contributed by atoms with Gasteiger partial charge in [0.2, 0.25) is 0 Å². The first-order valence-corrected chi connectivity index (χ1v) is 9.16. The van der Waals surface area contributed by atoms with E-state index in [1.165, 1.54) is 0 Å². The number of aliphatic hydroxyl groups is 4. The molecule has 7 heteroatoms. The van der Waals surface area contributed by atoms with E-state index in [4.69, 9.17) is 4.74 Å². The number of hydrogen-bond donors (Lipinski definition) is 5. The molecule has 0 aromatic heterocycles. The van der Waals surface area contributed by atoms with Crippen molar-refractivity contribution in [1.29, 1.82) is 0 Å². The summed E-state index contributed by atoms with van der Waals surface area (Å²) in [6.45, 7) is -0.442. The molecule has 3 rings (SSSR count). The Morgan fingerprint density at radius 1 is 0.964 bits per heavy atom. The first-order valence-electron chi connectivity index (χ1n) is 9.16. The van der Waals surface area contributed by atoms with Gasteiger partial charge in [0.1, 0.15) is 24.4 Å². The summed E-state index contributed by atoms with van der Waals surface area (Å²) in [6, 6.07) is 14.9. The molecule has 2 aromatic carbocycles. The summed E-state index contributed by atoms with van der Waals surface area (Å²) in [4.78, 5) is 11.8. The van der Waals surface area contributed by atoms with Crippen LogP contribution in [0.15, 0.2) is 48.5 Å². The van der Waals surface area contributed by atoms with Gasteiger partial charge in [-0.15, -0.1) is 0 Å². The lowest BCUT2D eigenvalue weighted by molar-refractivity contribution is -0.228. The molecular formula is C21H25NO6. The molecule has 0 radical (unpaired) electrons. The van der Waals surface area contributed by atoms with Crippen LogP contribution in [0.1, 0.15) is 15.9 Å². The molecule has 0 aliphatic carbocycles. The van der Waals surface area contributed by atoms with Crippen LogP contribution in [0.4, 0.5) is 0 Å². The quantitative estimate of drug-likeness (QED) is 0.496. The maximum atomic E-state index is 11.8. The third kappa shape index (κ3) is 4.24. The summed E-state index contributed by atoms with van der Waals surface area (Å²) in [6.07, 6.45) is -5.30. The van der Waals surface area contributed by atoms with Gasteiger partial charge in [-0.2, -0.15) is 0 Å². The maximum absolute atomic E-state index is 11.8. The van der Waals surface area contributed by atoms with Crippen LogP contribution in [0.5, 0.6) is 0 Å². The molecule has 1 amide bonds. The van der Waals surface area contributed by atoms with Crippen molar-refractivity contribution < 1.29 is 30.0 Å². The standard InChI is InChI=1S/C21H25NO6/c1-22-21(27)15-4-2-3-14(10-15)13-7-5-12(6-8-13)9-16-18(24)20(26)19(25)17(11-23)28-16/h2-8,10,16-20,23-26H,9,11H2,1H3,(H,22,27)/t16-,17-,18-,19-,20-/m1/s1. The van der Waals surface area contributed by atoms with Crippen LogP contribution in [-0.4, -0.2) is 70.5 Å². The Bertz CT molecular complexity index is 807. The molecule has 1 aliphatic heterocycles. The molecule has 1 aliphatic rings. The molecule has 1 heterocycles. The molecule has 5 atom stereocenters. The zero-order valence-electron chi connectivity index (χ0n) is 15.5. The zero-order chi connectivity index (χ0) is 20.3. The van der Waals surface area contributed by atoms with Gasteiger partial charge in [0.05, 0.1) is 12.7 Å². The molecule has 0 spiro atoms. The van der Waals surface area contributed by atoms with Gasteiger partial charge in [0.25, 0.3) is 5.91 Å². The predicted molar refractivity (Wildman–Crippen MR) is 103 cm³/mol. The number of hydrogen-bond acceptors (Lipinski definition) is 6. The highest BCUT2D eigenvalue weighted by Gasteiger charge is 2.43. The second kappa shape index (κ2) is 8.81. The van der Waals surface area contributed by atoms with E-state index in [0.29, 0.717) is 12.0 Å². The van der Waals surface area contributed by atoms with Crippen LogP contribution in [0.25, 0.3) is 11.1 Å². The number of carbonyl (C=O) groups is 1. The van der Waals surface area contributed by atoms with E-state index in [-0.39, 0.29) is 5.91 Å². The Morgan fingerprint density at radius 3 is 2.29 bits per heavy atom. The molecule has 1 saturated heterocycles. The SMILES string of the molecule is CNC(=O)c1cccc(-c2ccc(C[C@H]3O[C@H](CO)[C@@H](O)[C@H](O)[C@@H]3O)cc2)c1. The number of carbonyl (C=O) groups excluding carboxylic acids is 1. The second-order valence-electron chi connectivity index (χ2n) is 6.93.